The fourth-order valence-corrected chi connectivity index (χ4v) is 1.67. The Labute approximate surface area is 97.0 Å². The van der Waals surface area contributed by atoms with Crippen molar-refractivity contribution < 1.29 is 14.3 Å². The maximum absolute atomic E-state index is 11.7. The van der Waals surface area contributed by atoms with E-state index in [-0.39, 0.29) is 11.8 Å². The standard InChI is InChI=1S/C12H21NO3/c1-15-9-10-16-8-7-13-12(14)11-5-3-2-4-6-11/h2-3,11H,4-10H2,1H3,(H,13,14). The van der Waals surface area contributed by atoms with Crippen LogP contribution in [0.25, 0.3) is 0 Å². The molecule has 0 heterocycles. The Morgan fingerprint density at radius 1 is 1.38 bits per heavy atom. The van der Waals surface area contributed by atoms with Gasteiger partial charge in [-0.1, -0.05) is 12.2 Å². The molecular formula is C12H21NO3. The van der Waals surface area contributed by atoms with E-state index >= 15 is 0 Å². The van der Waals surface area contributed by atoms with Crippen molar-refractivity contribution >= 4 is 5.91 Å². The first kappa shape index (κ1) is 13.2. The van der Waals surface area contributed by atoms with E-state index in [0.29, 0.717) is 26.4 Å². The second-order valence-electron chi connectivity index (χ2n) is 3.88. The summed E-state index contributed by atoms with van der Waals surface area (Å²) in [5.74, 6) is 0.309. The Kier molecular flexibility index (Phi) is 6.85. The van der Waals surface area contributed by atoms with Crippen LogP contribution in [0.1, 0.15) is 19.3 Å². The molecule has 0 radical (unpaired) electrons. The molecule has 1 rings (SSSR count). The summed E-state index contributed by atoms with van der Waals surface area (Å²) < 4.78 is 10.1. The number of nitrogens with one attached hydrogen (secondary N) is 1. The zero-order chi connectivity index (χ0) is 11.6. The van der Waals surface area contributed by atoms with Gasteiger partial charge in [0.2, 0.25) is 5.91 Å². The lowest BCUT2D eigenvalue weighted by molar-refractivity contribution is -0.125. The molecule has 1 atom stereocenters. The third-order valence-electron chi connectivity index (χ3n) is 2.62. The Morgan fingerprint density at radius 3 is 2.94 bits per heavy atom. The van der Waals surface area contributed by atoms with Crippen LogP contribution in [0.15, 0.2) is 12.2 Å². The van der Waals surface area contributed by atoms with Crippen LogP contribution in [-0.2, 0) is 14.3 Å². The Balaban J connectivity index is 1.99. The van der Waals surface area contributed by atoms with Gasteiger partial charge in [0.05, 0.1) is 19.8 Å². The molecule has 4 heteroatoms. The maximum Gasteiger partial charge on any atom is 0.223 e. The SMILES string of the molecule is COCCOCCNC(=O)C1CC=CCC1. The fraction of sp³-hybridized carbons (Fsp3) is 0.750. The molecule has 0 saturated heterocycles. The minimum Gasteiger partial charge on any atom is -0.382 e. The van der Waals surface area contributed by atoms with Crippen LogP contribution in [0.5, 0.6) is 0 Å². The smallest absolute Gasteiger partial charge is 0.223 e. The summed E-state index contributed by atoms with van der Waals surface area (Å²) in [6, 6.07) is 0. The molecule has 0 aromatic rings. The van der Waals surface area contributed by atoms with Gasteiger partial charge in [0.1, 0.15) is 0 Å². The average molecular weight is 227 g/mol. The Hall–Kier alpha value is -0.870. The van der Waals surface area contributed by atoms with Crippen LogP contribution in [0, 0.1) is 5.92 Å². The molecule has 0 bridgehead atoms. The van der Waals surface area contributed by atoms with Crippen LogP contribution >= 0.6 is 0 Å². The van der Waals surface area contributed by atoms with Gasteiger partial charge in [-0.15, -0.1) is 0 Å². The zero-order valence-corrected chi connectivity index (χ0v) is 9.91. The van der Waals surface area contributed by atoms with Crippen LogP contribution in [0.2, 0.25) is 0 Å². The van der Waals surface area contributed by atoms with Gasteiger partial charge < -0.3 is 14.8 Å². The summed E-state index contributed by atoms with van der Waals surface area (Å²) in [6.45, 7) is 2.32. The molecule has 0 fully saturated rings. The van der Waals surface area contributed by atoms with Crippen molar-refractivity contribution in [3.63, 3.8) is 0 Å². The molecular weight excluding hydrogens is 206 g/mol. The van der Waals surface area contributed by atoms with Crippen LogP contribution in [-0.4, -0.2) is 39.4 Å². The quantitative estimate of drug-likeness (QED) is 0.524. The number of carbonyl (C=O) groups is 1. The van der Waals surface area contributed by atoms with Gasteiger partial charge in [-0.25, -0.2) is 0 Å². The number of methoxy groups -OCH3 is 1. The highest BCUT2D eigenvalue weighted by Gasteiger charge is 2.17. The summed E-state index contributed by atoms with van der Waals surface area (Å²) in [5.41, 5.74) is 0. The van der Waals surface area contributed by atoms with Gasteiger partial charge in [0.15, 0.2) is 0 Å². The average Bonchev–Trinajstić information content (AvgIpc) is 2.34. The van der Waals surface area contributed by atoms with E-state index in [4.69, 9.17) is 9.47 Å². The van der Waals surface area contributed by atoms with E-state index in [1.54, 1.807) is 7.11 Å². The lowest BCUT2D eigenvalue weighted by Crippen LogP contribution is -2.33. The molecule has 0 aromatic carbocycles. The van der Waals surface area contributed by atoms with Crippen LogP contribution in [0.4, 0.5) is 0 Å². The number of rotatable bonds is 7. The topological polar surface area (TPSA) is 47.6 Å². The van der Waals surface area contributed by atoms with Crippen molar-refractivity contribution in [2.45, 2.75) is 19.3 Å². The fourth-order valence-electron chi connectivity index (χ4n) is 1.67. The molecule has 0 spiro atoms. The van der Waals surface area contributed by atoms with Gasteiger partial charge in [0, 0.05) is 19.6 Å². The van der Waals surface area contributed by atoms with Crippen molar-refractivity contribution in [2.75, 3.05) is 33.5 Å². The van der Waals surface area contributed by atoms with Gasteiger partial charge in [-0.05, 0) is 19.3 Å². The molecule has 0 saturated carbocycles. The Bertz CT molecular complexity index is 228. The highest BCUT2D eigenvalue weighted by Crippen LogP contribution is 2.17. The summed E-state index contributed by atoms with van der Waals surface area (Å²) in [7, 11) is 1.64. The molecule has 0 aliphatic heterocycles. The molecule has 1 amide bonds. The number of ether oxygens (including phenoxy) is 2. The predicted octanol–water partition coefficient (Wildman–Crippen LogP) is 1.12. The lowest BCUT2D eigenvalue weighted by Gasteiger charge is -2.17. The van der Waals surface area contributed by atoms with Crippen LogP contribution < -0.4 is 5.32 Å². The minimum atomic E-state index is 0.152. The molecule has 1 aliphatic carbocycles. The predicted molar refractivity (Wildman–Crippen MR) is 62.2 cm³/mol. The van der Waals surface area contributed by atoms with Crippen LogP contribution in [0.3, 0.4) is 0 Å². The molecule has 92 valence electrons. The molecule has 4 nitrogen and oxygen atoms in total. The van der Waals surface area contributed by atoms with E-state index in [9.17, 15) is 4.79 Å². The monoisotopic (exact) mass is 227 g/mol. The number of allylic oxidation sites excluding steroid dienone is 2. The van der Waals surface area contributed by atoms with Crippen molar-refractivity contribution in [1.29, 1.82) is 0 Å². The summed E-state index contributed by atoms with van der Waals surface area (Å²) >= 11 is 0. The van der Waals surface area contributed by atoms with Crippen molar-refractivity contribution in [2.24, 2.45) is 5.92 Å². The first-order chi connectivity index (χ1) is 7.84. The summed E-state index contributed by atoms with van der Waals surface area (Å²) in [5, 5.41) is 2.89. The van der Waals surface area contributed by atoms with Gasteiger partial charge in [-0.3, -0.25) is 4.79 Å². The van der Waals surface area contributed by atoms with Gasteiger partial charge in [-0.2, -0.15) is 0 Å². The molecule has 1 N–H and O–H groups in total. The lowest BCUT2D eigenvalue weighted by atomic mass is 9.94. The molecule has 1 aliphatic rings. The van der Waals surface area contributed by atoms with Crippen molar-refractivity contribution in [3.05, 3.63) is 12.2 Å². The second-order valence-corrected chi connectivity index (χ2v) is 3.88. The minimum absolute atomic E-state index is 0.152. The van der Waals surface area contributed by atoms with E-state index < -0.39 is 0 Å². The first-order valence-corrected chi connectivity index (χ1v) is 5.84. The van der Waals surface area contributed by atoms with E-state index in [1.807, 2.05) is 0 Å². The van der Waals surface area contributed by atoms with Gasteiger partial charge >= 0.3 is 0 Å². The largest absolute Gasteiger partial charge is 0.382 e. The number of carbonyl (C=O) groups excluding carboxylic acids is 1. The number of amides is 1. The van der Waals surface area contributed by atoms with E-state index in [1.165, 1.54) is 0 Å². The zero-order valence-electron chi connectivity index (χ0n) is 9.91. The third-order valence-corrected chi connectivity index (χ3v) is 2.62. The Morgan fingerprint density at radius 2 is 2.25 bits per heavy atom. The highest BCUT2D eigenvalue weighted by molar-refractivity contribution is 5.78. The van der Waals surface area contributed by atoms with Crippen molar-refractivity contribution in [3.8, 4) is 0 Å². The molecule has 0 aromatic heterocycles. The molecule has 16 heavy (non-hydrogen) atoms. The van der Waals surface area contributed by atoms with Gasteiger partial charge in [0.25, 0.3) is 0 Å². The first-order valence-electron chi connectivity index (χ1n) is 5.84. The normalized spacial score (nSPS) is 19.7. The van der Waals surface area contributed by atoms with Crippen molar-refractivity contribution in [1.82, 2.24) is 5.32 Å². The second kappa shape index (κ2) is 8.30. The molecule has 1 unspecified atom stereocenters. The summed E-state index contributed by atoms with van der Waals surface area (Å²) in [4.78, 5) is 11.7. The highest BCUT2D eigenvalue weighted by atomic mass is 16.5. The van der Waals surface area contributed by atoms with E-state index in [2.05, 4.69) is 17.5 Å². The number of hydrogen-bond acceptors (Lipinski definition) is 3. The summed E-state index contributed by atoms with van der Waals surface area (Å²) in [6.07, 6.45) is 7.08. The maximum atomic E-state index is 11.7. The van der Waals surface area contributed by atoms with E-state index in [0.717, 1.165) is 19.3 Å². The third kappa shape index (κ3) is 5.28. The number of hydrogen-bond donors (Lipinski definition) is 1.